The zero-order chi connectivity index (χ0) is 19.4. The van der Waals surface area contributed by atoms with Crippen LogP contribution in [-0.2, 0) is 4.79 Å². The first-order chi connectivity index (χ1) is 13.0. The molecule has 2 amide bonds. The predicted molar refractivity (Wildman–Crippen MR) is 104 cm³/mol. The molecule has 0 spiro atoms. The maximum atomic E-state index is 12.6. The summed E-state index contributed by atoms with van der Waals surface area (Å²) in [6.45, 7) is 3.24. The van der Waals surface area contributed by atoms with Crippen molar-refractivity contribution in [3.8, 4) is 11.5 Å². The highest BCUT2D eigenvalue weighted by Gasteiger charge is 2.23. The van der Waals surface area contributed by atoms with Crippen LogP contribution in [0.15, 0.2) is 36.4 Å². The Labute approximate surface area is 167 Å². The number of likely N-dealkylation sites (N-methyl/N-ethyl adjacent to an activating group) is 1. The molecule has 27 heavy (non-hydrogen) atoms. The molecule has 0 bridgehead atoms. The summed E-state index contributed by atoms with van der Waals surface area (Å²) in [7, 11) is 0. The summed E-state index contributed by atoms with van der Waals surface area (Å²) in [4.78, 5) is 26.4. The van der Waals surface area contributed by atoms with Crippen LogP contribution in [0, 0.1) is 0 Å². The van der Waals surface area contributed by atoms with Crippen molar-refractivity contribution in [2.75, 3.05) is 31.6 Å². The third kappa shape index (κ3) is 4.64. The molecule has 0 unspecified atom stereocenters. The summed E-state index contributed by atoms with van der Waals surface area (Å²) in [5.74, 6) is 0.374. The molecule has 142 valence electrons. The van der Waals surface area contributed by atoms with E-state index in [0.717, 1.165) is 0 Å². The summed E-state index contributed by atoms with van der Waals surface area (Å²) >= 11 is 11.8. The number of amides is 2. The van der Waals surface area contributed by atoms with Crippen molar-refractivity contribution >= 4 is 40.7 Å². The fourth-order valence-electron chi connectivity index (χ4n) is 2.67. The molecule has 3 rings (SSSR count). The van der Waals surface area contributed by atoms with Crippen molar-refractivity contribution < 1.29 is 19.1 Å². The van der Waals surface area contributed by atoms with Gasteiger partial charge in [-0.15, -0.1) is 0 Å². The van der Waals surface area contributed by atoms with E-state index in [4.69, 9.17) is 32.7 Å². The topological polar surface area (TPSA) is 67.9 Å². The van der Waals surface area contributed by atoms with Crippen molar-refractivity contribution in [3.63, 3.8) is 0 Å². The number of rotatable bonds is 5. The van der Waals surface area contributed by atoms with E-state index in [9.17, 15) is 9.59 Å². The number of anilines is 1. The molecule has 8 heteroatoms. The van der Waals surface area contributed by atoms with Gasteiger partial charge in [0.1, 0.15) is 18.1 Å². The Morgan fingerprint density at radius 2 is 2.07 bits per heavy atom. The molecule has 0 aromatic heterocycles. The van der Waals surface area contributed by atoms with Crippen LogP contribution in [-0.4, -0.2) is 43.0 Å². The standard InChI is InChI=1S/C19H18Cl2N2O4/c1-2-23-7-8-26-16-6-4-13(10-14(16)19(23)25)22-18(24)11-27-17-5-3-12(20)9-15(17)21/h3-6,9-10H,2,7-8,11H2,1H3,(H,22,24). The Morgan fingerprint density at radius 3 is 2.81 bits per heavy atom. The number of fused-ring (bicyclic) bond motifs is 1. The minimum Gasteiger partial charge on any atom is -0.491 e. The monoisotopic (exact) mass is 408 g/mol. The third-order valence-corrected chi connectivity index (χ3v) is 4.56. The summed E-state index contributed by atoms with van der Waals surface area (Å²) < 4.78 is 11.0. The molecule has 1 heterocycles. The second kappa shape index (κ2) is 8.50. The molecule has 0 radical (unpaired) electrons. The number of carbonyl (C=O) groups is 2. The lowest BCUT2D eigenvalue weighted by Crippen LogP contribution is -2.32. The van der Waals surface area contributed by atoms with Crippen LogP contribution in [0.2, 0.25) is 10.0 Å². The van der Waals surface area contributed by atoms with Gasteiger partial charge in [-0.05, 0) is 43.3 Å². The number of benzene rings is 2. The van der Waals surface area contributed by atoms with Crippen LogP contribution < -0.4 is 14.8 Å². The second-order valence-corrected chi connectivity index (χ2v) is 6.70. The van der Waals surface area contributed by atoms with Crippen molar-refractivity contribution in [2.24, 2.45) is 0 Å². The average molecular weight is 409 g/mol. The molecule has 0 atom stereocenters. The first-order valence-corrected chi connectivity index (χ1v) is 9.17. The van der Waals surface area contributed by atoms with Gasteiger partial charge in [0, 0.05) is 17.3 Å². The smallest absolute Gasteiger partial charge is 0.262 e. The van der Waals surface area contributed by atoms with Crippen molar-refractivity contribution in [1.82, 2.24) is 4.90 Å². The van der Waals surface area contributed by atoms with Crippen LogP contribution >= 0.6 is 23.2 Å². The summed E-state index contributed by atoms with van der Waals surface area (Å²) in [5.41, 5.74) is 0.910. The van der Waals surface area contributed by atoms with Crippen molar-refractivity contribution in [3.05, 3.63) is 52.0 Å². The number of ether oxygens (including phenoxy) is 2. The van der Waals surface area contributed by atoms with Crippen molar-refractivity contribution in [2.45, 2.75) is 6.92 Å². The average Bonchev–Trinajstić information content (AvgIpc) is 2.80. The largest absolute Gasteiger partial charge is 0.491 e. The van der Waals surface area contributed by atoms with Crippen LogP contribution in [0.25, 0.3) is 0 Å². The molecule has 2 aromatic carbocycles. The highest BCUT2D eigenvalue weighted by molar-refractivity contribution is 6.35. The van der Waals surface area contributed by atoms with Gasteiger partial charge in [-0.2, -0.15) is 0 Å². The number of carbonyl (C=O) groups excluding carboxylic acids is 2. The highest BCUT2D eigenvalue weighted by atomic mass is 35.5. The van der Waals surface area contributed by atoms with E-state index < -0.39 is 0 Å². The lowest BCUT2D eigenvalue weighted by molar-refractivity contribution is -0.118. The Hall–Kier alpha value is -2.44. The molecule has 0 fully saturated rings. The lowest BCUT2D eigenvalue weighted by Gasteiger charge is -2.17. The van der Waals surface area contributed by atoms with Gasteiger partial charge >= 0.3 is 0 Å². The number of hydrogen-bond acceptors (Lipinski definition) is 4. The van der Waals surface area contributed by atoms with E-state index >= 15 is 0 Å². The molecule has 0 saturated carbocycles. The fraction of sp³-hybridized carbons (Fsp3) is 0.263. The molecular weight excluding hydrogens is 391 g/mol. The molecule has 2 aromatic rings. The van der Waals surface area contributed by atoms with Crippen LogP contribution in [0.3, 0.4) is 0 Å². The molecular formula is C19H18Cl2N2O4. The zero-order valence-corrected chi connectivity index (χ0v) is 16.1. The minimum absolute atomic E-state index is 0.120. The quantitative estimate of drug-likeness (QED) is 0.815. The van der Waals surface area contributed by atoms with Gasteiger partial charge in [0.05, 0.1) is 17.1 Å². The molecule has 1 aliphatic heterocycles. The van der Waals surface area contributed by atoms with E-state index in [2.05, 4.69) is 5.32 Å². The highest BCUT2D eigenvalue weighted by Crippen LogP contribution is 2.28. The SMILES string of the molecule is CCN1CCOc2ccc(NC(=O)COc3ccc(Cl)cc3Cl)cc2C1=O. The molecule has 0 saturated heterocycles. The normalized spacial score (nSPS) is 13.4. The Morgan fingerprint density at radius 1 is 1.26 bits per heavy atom. The Balaban J connectivity index is 1.67. The number of nitrogens with zero attached hydrogens (tertiary/aromatic N) is 1. The maximum absolute atomic E-state index is 12.6. The third-order valence-electron chi connectivity index (χ3n) is 4.03. The van der Waals surface area contributed by atoms with Gasteiger partial charge in [-0.25, -0.2) is 0 Å². The first-order valence-electron chi connectivity index (χ1n) is 8.41. The van der Waals surface area contributed by atoms with Gasteiger partial charge in [0.15, 0.2) is 6.61 Å². The van der Waals surface area contributed by atoms with E-state index in [1.54, 1.807) is 35.2 Å². The van der Waals surface area contributed by atoms with Gasteiger partial charge in [-0.3, -0.25) is 9.59 Å². The molecule has 0 aliphatic carbocycles. The van der Waals surface area contributed by atoms with Gasteiger partial charge < -0.3 is 19.7 Å². The van der Waals surface area contributed by atoms with E-state index in [1.165, 1.54) is 6.07 Å². The predicted octanol–water partition coefficient (Wildman–Crippen LogP) is 3.87. The second-order valence-electron chi connectivity index (χ2n) is 5.86. The Bertz CT molecular complexity index is 873. The number of hydrogen-bond donors (Lipinski definition) is 1. The number of nitrogens with one attached hydrogen (secondary N) is 1. The number of halogens is 2. The van der Waals surface area contributed by atoms with Gasteiger partial charge in [0.2, 0.25) is 0 Å². The minimum atomic E-state index is -0.379. The molecule has 1 aliphatic rings. The van der Waals surface area contributed by atoms with E-state index in [1.807, 2.05) is 6.92 Å². The van der Waals surface area contributed by atoms with Crippen LogP contribution in [0.1, 0.15) is 17.3 Å². The maximum Gasteiger partial charge on any atom is 0.262 e. The zero-order valence-electron chi connectivity index (χ0n) is 14.6. The Kier molecular flexibility index (Phi) is 6.08. The van der Waals surface area contributed by atoms with Crippen LogP contribution in [0.4, 0.5) is 5.69 Å². The summed E-state index contributed by atoms with van der Waals surface area (Å²) in [6, 6.07) is 9.72. The fourth-order valence-corrected chi connectivity index (χ4v) is 3.14. The van der Waals surface area contributed by atoms with Crippen LogP contribution in [0.5, 0.6) is 11.5 Å². The van der Waals surface area contributed by atoms with Gasteiger partial charge in [0.25, 0.3) is 11.8 Å². The van der Waals surface area contributed by atoms with Gasteiger partial charge in [-0.1, -0.05) is 23.2 Å². The lowest BCUT2D eigenvalue weighted by atomic mass is 10.1. The van der Waals surface area contributed by atoms with Crippen molar-refractivity contribution in [1.29, 1.82) is 0 Å². The first kappa shape index (κ1) is 19.3. The molecule has 6 nitrogen and oxygen atoms in total. The van der Waals surface area contributed by atoms with E-state index in [-0.39, 0.29) is 18.4 Å². The molecule has 1 N–H and O–H groups in total. The summed E-state index contributed by atoms with van der Waals surface area (Å²) in [6.07, 6.45) is 0. The summed E-state index contributed by atoms with van der Waals surface area (Å²) in [5, 5.41) is 3.51. The van der Waals surface area contributed by atoms with E-state index in [0.29, 0.717) is 52.5 Å².